The van der Waals surface area contributed by atoms with Crippen LogP contribution < -0.4 is 25.4 Å². The molecule has 5 aromatic rings. The van der Waals surface area contributed by atoms with Crippen molar-refractivity contribution < 1.29 is 29.0 Å². The van der Waals surface area contributed by atoms with Crippen LogP contribution in [0.3, 0.4) is 0 Å². The summed E-state index contributed by atoms with van der Waals surface area (Å²) in [6, 6.07) is 18.5. The number of aromatic nitrogens is 3. The van der Waals surface area contributed by atoms with Crippen LogP contribution in [0, 0.1) is 19.3 Å². The minimum Gasteiger partial charge on any atom is -0.493 e. The Hall–Kier alpha value is -5.12. The number of hydrogen-bond donors (Lipinski definition) is 4. The van der Waals surface area contributed by atoms with E-state index in [9.17, 15) is 19.5 Å². The third-order valence-corrected chi connectivity index (χ3v) is 14.0. The molecule has 2 aromatic heterocycles. The zero-order valence-corrected chi connectivity index (χ0v) is 43.2. The molecule has 3 heterocycles. The standard InChI is InChI=1S/C53H70BrN7O6S/c1-34(39-19-18-20-40(54)27-39)57-50-42-29-45(66-7)46(30-43(42)58-36(3)59-50)67-26-17-15-13-11-9-8-10-12-14-16-21-47(63)60-49(53(4,5)6)52(65)61-32-41(62)28-44(61)51(64)55-31-37-22-24-38(25-23-37)48-35(2)56-33-68-48/h18-20,22-25,27,29-30,33-34,41,44,49,62H,8-17,21,26,28,31-32H2,1-7H3,(H,55,64)(H,60,63)(H,57,58,59)/t34-,41-,44+,49-/m1/s1. The van der Waals surface area contributed by atoms with Gasteiger partial charge in [0, 0.05) is 41.9 Å². The normalized spacial score (nSPS) is 15.8. The van der Waals surface area contributed by atoms with Crippen LogP contribution in [0.4, 0.5) is 5.82 Å². The van der Waals surface area contributed by atoms with Crippen molar-refractivity contribution in [3.8, 4) is 21.9 Å². The number of ether oxygens (including phenoxy) is 2. The lowest BCUT2D eigenvalue weighted by Crippen LogP contribution is -2.57. The summed E-state index contributed by atoms with van der Waals surface area (Å²) in [7, 11) is 1.65. The number of nitrogens with one attached hydrogen (secondary N) is 3. The number of aryl methyl sites for hydroxylation is 2. The number of anilines is 1. The number of likely N-dealkylation sites (tertiary alicyclic amines) is 1. The highest BCUT2D eigenvalue weighted by atomic mass is 79.9. The van der Waals surface area contributed by atoms with Crippen LogP contribution in [0.2, 0.25) is 0 Å². The molecule has 0 unspecified atom stereocenters. The molecule has 1 fully saturated rings. The second-order valence-electron chi connectivity index (χ2n) is 19.1. The van der Waals surface area contributed by atoms with Crippen molar-refractivity contribution in [2.75, 3.05) is 25.6 Å². The molecular formula is C53H70BrN7O6S. The van der Waals surface area contributed by atoms with E-state index in [1.54, 1.807) is 18.4 Å². The zero-order valence-electron chi connectivity index (χ0n) is 40.8. The van der Waals surface area contributed by atoms with Crippen molar-refractivity contribution in [2.24, 2.45) is 5.41 Å². The van der Waals surface area contributed by atoms with Gasteiger partial charge in [0.25, 0.3) is 0 Å². The quantitative estimate of drug-likeness (QED) is 0.0437. The van der Waals surface area contributed by atoms with Gasteiger partial charge in [-0.3, -0.25) is 14.4 Å². The predicted molar refractivity (Wildman–Crippen MR) is 275 cm³/mol. The summed E-state index contributed by atoms with van der Waals surface area (Å²) in [5.74, 6) is 1.92. The summed E-state index contributed by atoms with van der Waals surface area (Å²) in [6.45, 7) is 12.6. The second kappa shape index (κ2) is 24.9. The molecule has 68 heavy (non-hydrogen) atoms. The number of nitrogens with zero attached hydrogens (tertiary/aromatic N) is 4. The SMILES string of the molecule is COc1cc2c(N[C@H](C)c3cccc(Br)c3)nc(C)nc2cc1OCCCCCCCCCCCCC(=O)N[C@H](C(=O)N1C[C@H](O)C[C@H]1C(=O)NCc1ccc(-c2scnc2C)cc1)C(C)(C)C. The summed E-state index contributed by atoms with van der Waals surface area (Å²) in [6.07, 6.45) is 10.2. The van der Waals surface area contributed by atoms with Crippen molar-refractivity contribution in [3.05, 3.63) is 93.3 Å². The Labute approximate surface area is 414 Å². The van der Waals surface area contributed by atoms with E-state index < -0.39 is 23.6 Å². The molecule has 3 amide bonds. The van der Waals surface area contributed by atoms with Crippen LogP contribution >= 0.6 is 27.3 Å². The largest absolute Gasteiger partial charge is 0.493 e. The van der Waals surface area contributed by atoms with Crippen molar-refractivity contribution >= 4 is 61.7 Å². The van der Waals surface area contributed by atoms with Gasteiger partial charge in [0.15, 0.2) is 11.5 Å². The number of hydrogen-bond acceptors (Lipinski definition) is 11. The number of thiazole rings is 1. The lowest BCUT2D eigenvalue weighted by Gasteiger charge is -2.35. The maximum Gasteiger partial charge on any atom is 0.246 e. The monoisotopic (exact) mass is 1010 g/mol. The topological polar surface area (TPSA) is 168 Å². The van der Waals surface area contributed by atoms with Gasteiger partial charge in [-0.05, 0) is 73.9 Å². The van der Waals surface area contributed by atoms with Gasteiger partial charge in [-0.1, -0.05) is 124 Å². The number of aliphatic hydroxyl groups is 1. The van der Waals surface area contributed by atoms with Gasteiger partial charge in [0.2, 0.25) is 17.7 Å². The fraction of sp³-hybridized carbons (Fsp3) is 0.509. The Morgan fingerprint density at radius 3 is 2.25 bits per heavy atom. The summed E-state index contributed by atoms with van der Waals surface area (Å²) in [5, 5.41) is 21.0. The Morgan fingerprint density at radius 2 is 1.60 bits per heavy atom. The number of carbonyl (C=O) groups excluding carboxylic acids is 3. The van der Waals surface area contributed by atoms with Gasteiger partial charge < -0.3 is 35.4 Å². The minimum atomic E-state index is -0.833. The van der Waals surface area contributed by atoms with E-state index in [2.05, 4.69) is 55.9 Å². The van der Waals surface area contributed by atoms with Crippen LogP contribution in [0.25, 0.3) is 21.3 Å². The van der Waals surface area contributed by atoms with Crippen LogP contribution in [0.15, 0.2) is 70.6 Å². The van der Waals surface area contributed by atoms with Gasteiger partial charge in [-0.15, -0.1) is 11.3 Å². The Balaban J connectivity index is 0.847. The van der Waals surface area contributed by atoms with Crippen molar-refractivity contribution in [2.45, 2.75) is 149 Å². The molecule has 4 atom stereocenters. The first-order valence-corrected chi connectivity index (χ1v) is 25.8. The molecule has 4 N–H and O–H groups in total. The average Bonchev–Trinajstić information content (AvgIpc) is 3.93. The molecule has 1 aliphatic heterocycles. The number of rotatable bonds is 24. The number of β-amino-alcohol motifs (C(OH)–C–C–N with tert-alkyl or cyclic N) is 1. The summed E-state index contributed by atoms with van der Waals surface area (Å²) in [5.41, 5.74) is 6.15. The minimum absolute atomic E-state index is 0.0319. The highest BCUT2D eigenvalue weighted by molar-refractivity contribution is 9.10. The maximum absolute atomic E-state index is 14.0. The first-order valence-electron chi connectivity index (χ1n) is 24.2. The lowest BCUT2D eigenvalue weighted by atomic mass is 9.85. The molecule has 13 nitrogen and oxygen atoms in total. The van der Waals surface area contributed by atoms with Crippen molar-refractivity contribution in [1.82, 2.24) is 30.5 Å². The van der Waals surface area contributed by atoms with Crippen molar-refractivity contribution in [1.29, 1.82) is 0 Å². The molecule has 0 saturated carbocycles. The molecule has 6 rings (SSSR count). The summed E-state index contributed by atoms with van der Waals surface area (Å²) < 4.78 is 13.0. The lowest BCUT2D eigenvalue weighted by molar-refractivity contribution is -0.144. The number of unbranched alkanes of at least 4 members (excludes halogenated alkanes) is 9. The third kappa shape index (κ3) is 14.7. The van der Waals surface area contributed by atoms with E-state index in [-0.39, 0.29) is 36.7 Å². The molecule has 3 aromatic carbocycles. The molecule has 366 valence electrons. The van der Waals surface area contributed by atoms with Crippen LogP contribution in [-0.4, -0.2) is 81.1 Å². The van der Waals surface area contributed by atoms with E-state index in [4.69, 9.17) is 19.4 Å². The first-order chi connectivity index (χ1) is 32.6. The molecule has 15 heteroatoms. The summed E-state index contributed by atoms with van der Waals surface area (Å²) >= 11 is 5.16. The van der Waals surface area contributed by atoms with E-state index in [1.807, 2.05) is 88.7 Å². The van der Waals surface area contributed by atoms with Gasteiger partial charge >= 0.3 is 0 Å². The number of amides is 3. The van der Waals surface area contributed by atoms with Gasteiger partial charge in [0.1, 0.15) is 23.7 Å². The van der Waals surface area contributed by atoms with Crippen LogP contribution in [-0.2, 0) is 20.9 Å². The predicted octanol–water partition coefficient (Wildman–Crippen LogP) is 10.8. The Kier molecular flexibility index (Phi) is 19.2. The molecule has 1 aliphatic rings. The zero-order chi connectivity index (χ0) is 48.8. The van der Waals surface area contributed by atoms with Gasteiger partial charge in [-0.25, -0.2) is 15.0 Å². The fourth-order valence-corrected chi connectivity index (χ4v) is 9.93. The van der Waals surface area contributed by atoms with E-state index >= 15 is 0 Å². The number of halogens is 1. The fourth-order valence-electron chi connectivity index (χ4n) is 8.70. The second-order valence-corrected chi connectivity index (χ2v) is 20.9. The number of benzene rings is 3. The number of carbonyl (C=O) groups is 3. The van der Waals surface area contributed by atoms with E-state index in [1.165, 1.54) is 17.7 Å². The van der Waals surface area contributed by atoms with Crippen molar-refractivity contribution in [3.63, 3.8) is 0 Å². The van der Waals surface area contributed by atoms with Crippen LogP contribution in [0.5, 0.6) is 11.5 Å². The smallest absolute Gasteiger partial charge is 0.246 e. The van der Waals surface area contributed by atoms with Gasteiger partial charge in [-0.2, -0.15) is 0 Å². The number of aliphatic hydroxyl groups excluding tert-OH is 1. The average molecular weight is 1010 g/mol. The third-order valence-electron chi connectivity index (χ3n) is 12.6. The van der Waals surface area contributed by atoms with E-state index in [0.717, 1.165) is 99.8 Å². The molecule has 0 spiro atoms. The highest BCUT2D eigenvalue weighted by Gasteiger charge is 2.44. The van der Waals surface area contributed by atoms with Gasteiger partial charge in [0.05, 0.1) is 47.5 Å². The molecule has 1 saturated heterocycles. The summed E-state index contributed by atoms with van der Waals surface area (Å²) in [4.78, 5) is 57.0. The molecular weight excluding hydrogens is 943 g/mol. The molecule has 0 radical (unpaired) electrons. The number of methoxy groups -OCH3 is 1. The Bertz CT molecular complexity index is 2460. The molecule has 0 aliphatic carbocycles. The Morgan fingerprint density at radius 1 is 0.912 bits per heavy atom. The van der Waals surface area contributed by atoms with E-state index in [0.29, 0.717) is 36.9 Å². The number of fused-ring (bicyclic) bond motifs is 1. The highest BCUT2D eigenvalue weighted by Crippen LogP contribution is 2.36. The molecule has 0 bridgehead atoms. The van der Waals surface area contributed by atoms with Crippen LogP contribution in [0.1, 0.15) is 133 Å². The maximum atomic E-state index is 14.0. The first kappa shape index (κ1) is 52.3.